The summed E-state index contributed by atoms with van der Waals surface area (Å²) in [6.07, 6.45) is 0.179. The van der Waals surface area contributed by atoms with E-state index >= 15 is 0 Å². The molecule has 0 N–H and O–H groups in total. The maximum Gasteiger partial charge on any atom is 0.173 e. The average Bonchev–Trinajstić information content (AvgIpc) is 1.97. The van der Waals surface area contributed by atoms with Gasteiger partial charge in [0.15, 0.2) is 5.78 Å². The number of hydrogen-bond donors (Lipinski definition) is 0. The van der Waals surface area contributed by atoms with Gasteiger partial charge in [0, 0.05) is 5.02 Å². The highest BCUT2D eigenvalue weighted by atomic mass is 35.5. The minimum atomic E-state index is -0.613. The third kappa shape index (κ3) is 1.84. The molecule has 0 spiro atoms. The number of carbonyl (C=O) groups excluding carboxylic acids is 1. The first-order valence-corrected chi connectivity index (χ1v) is 4.98. The van der Waals surface area contributed by atoms with Crippen LogP contribution in [-0.4, -0.2) is 11.4 Å². The predicted molar refractivity (Wildman–Crippen MR) is 55.1 cm³/mol. The molecular formula is C11H10ClFO2. The van der Waals surface area contributed by atoms with Gasteiger partial charge in [0.1, 0.15) is 17.2 Å². The van der Waals surface area contributed by atoms with Gasteiger partial charge in [0.25, 0.3) is 0 Å². The normalized spacial score (nSPS) is 18.3. The molecule has 2 rings (SSSR count). The predicted octanol–water partition coefficient (Wildman–Crippen LogP) is 3.22. The van der Waals surface area contributed by atoms with Crippen molar-refractivity contribution in [1.29, 1.82) is 0 Å². The smallest absolute Gasteiger partial charge is 0.173 e. The van der Waals surface area contributed by atoms with Crippen LogP contribution in [0.5, 0.6) is 5.75 Å². The van der Waals surface area contributed by atoms with E-state index in [-0.39, 0.29) is 28.5 Å². The second kappa shape index (κ2) is 3.20. The van der Waals surface area contributed by atoms with Crippen molar-refractivity contribution in [3.05, 3.63) is 28.5 Å². The van der Waals surface area contributed by atoms with Gasteiger partial charge in [-0.2, -0.15) is 0 Å². The molecule has 1 aromatic carbocycles. The van der Waals surface area contributed by atoms with Crippen LogP contribution in [0.15, 0.2) is 12.1 Å². The molecule has 1 aliphatic rings. The summed E-state index contributed by atoms with van der Waals surface area (Å²) in [5, 5.41) is 0.233. The summed E-state index contributed by atoms with van der Waals surface area (Å²) < 4.78 is 19.0. The van der Waals surface area contributed by atoms with Gasteiger partial charge in [-0.05, 0) is 26.0 Å². The van der Waals surface area contributed by atoms with Crippen LogP contribution >= 0.6 is 11.6 Å². The highest BCUT2D eigenvalue weighted by Crippen LogP contribution is 2.36. The fraction of sp³-hybridized carbons (Fsp3) is 0.364. The zero-order valence-electron chi connectivity index (χ0n) is 8.43. The van der Waals surface area contributed by atoms with E-state index in [4.69, 9.17) is 16.3 Å². The first kappa shape index (κ1) is 10.4. The van der Waals surface area contributed by atoms with Crippen LogP contribution in [0.4, 0.5) is 4.39 Å². The molecule has 0 atom stereocenters. The Bertz CT molecular complexity index is 440. The molecule has 0 saturated carbocycles. The zero-order chi connectivity index (χ0) is 11.2. The van der Waals surface area contributed by atoms with Crippen LogP contribution < -0.4 is 4.74 Å². The second-order valence-corrected chi connectivity index (χ2v) is 4.66. The lowest BCUT2D eigenvalue weighted by Crippen LogP contribution is -2.36. The molecule has 0 aliphatic carbocycles. The summed E-state index contributed by atoms with van der Waals surface area (Å²) in [5.41, 5.74) is -0.583. The molecule has 4 heteroatoms. The maximum absolute atomic E-state index is 13.4. The van der Waals surface area contributed by atoms with Crippen LogP contribution in [-0.2, 0) is 0 Å². The van der Waals surface area contributed by atoms with E-state index in [1.54, 1.807) is 13.8 Å². The molecule has 0 radical (unpaired) electrons. The van der Waals surface area contributed by atoms with Gasteiger partial charge < -0.3 is 4.74 Å². The number of fused-ring (bicyclic) bond motifs is 1. The molecule has 1 aliphatic heterocycles. The van der Waals surface area contributed by atoms with Gasteiger partial charge in [-0.15, -0.1) is 0 Å². The van der Waals surface area contributed by atoms with Crippen LogP contribution in [0.1, 0.15) is 30.6 Å². The number of rotatable bonds is 0. The molecule has 1 heterocycles. The van der Waals surface area contributed by atoms with E-state index in [1.165, 1.54) is 6.07 Å². The molecule has 15 heavy (non-hydrogen) atoms. The quantitative estimate of drug-likeness (QED) is 0.682. The summed E-state index contributed by atoms with van der Waals surface area (Å²) in [6.45, 7) is 3.57. The highest BCUT2D eigenvalue weighted by Gasteiger charge is 2.34. The van der Waals surface area contributed by atoms with Gasteiger partial charge in [0.2, 0.25) is 0 Å². The molecule has 0 unspecified atom stereocenters. The Hall–Kier alpha value is -1.09. The lowest BCUT2D eigenvalue weighted by atomic mass is 9.93. The fourth-order valence-corrected chi connectivity index (χ4v) is 1.90. The number of Topliss-reactive ketones (excluding diaryl/α,β-unsaturated/α-hetero) is 1. The van der Waals surface area contributed by atoms with Crippen molar-refractivity contribution in [2.45, 2.75) is 25.9 Å². The lowest BCUT2D eigenvalue weighted by molar-refractivity contribution is 0.0611. The third-order valence-corrected chi connectivity index (χ3v) is 2.49. The van der Waals surface area contributed by atoms with E-state index in [9.17, 15) is 9.18 Å². The summed E-state index contributed by atoms with van der Waals surface area (Å²) >= 11 is 5.69. The van der Waals surface area contributed by atoms with Crippen molar-refractivity contribution in [2.75, 3.05) is 0 Å². The first-order chi connectivity index (χ1) is 6.89. The van der Waals surface area contributed by atoms with Crippen LogP contribution in [0.3, 0.4) is 0 Å². The van der Waals surface area contributed by atoms with Crippen molar-refractivity contribution in [3.8, 4) is 5.75 Å². The fourth-order valence-electron chi connectivity index (χ4n) is 1.71. The SMILES string of the molecule is CC1(C)CC(=O)c2c(F)cc(Cl)cc2O1. The van der Waals surface area contributed by atoms with E-state index in [0.717, 1.165) is 6.07 Å². The van der Waals surface area contributed by atoms with Crippen LogP contribution in [0.25, 0.3) is 0 Å². The minimum Gasteiger partial charge on any atom is -0.486 e. The van der Waals surface area contributed by atoms with Gasteiger partial charge >= 0.3 is 0 Å². The summed E-state index contributed by atoms with van der Waals surface area (Å²) in [6, 6.07) is 2.60. The van der Waals surface area contributed by atoms with E-state index < -0.39 is 11.4 Å². The molecule has 0 fully saturated rings. The molecule has 0 bridgehead atoms. The van der Waals surface area contributed by atoms with Gasteiger partial charge in [-0.3, -0.25) is 4.79 Å². The number of carbonyl (C=O) groups is 1. The second-order valence-electron chi connectivity index (χ2n) is 4.22. The Morgan fingerprint density at radius 1 is 1.47 bits per heavy atom. The summed E-state index contributed by atoms with van der Waals surface area (Å²) in [7, 11) is 0. The van der Waals surface area contributed by atoms with E-state index in [0.29, 0.717) is 0 Å². The Balaban J connectivity index is 2.60. The molecular weight excluding hydrogens is 219 g/mol. The van der Waals surface area contributed by atoms with Crippen molar-refractivity contribution >= 4 is 17.4 Å². The van der Waals surface area contributed by atoms with Crippen molar-refractivity contribution in [3.63, 3.8) is 0 Å². The average molecular weight is 229 g/mol. The Morgan fingerprint density at radius 3 is 2.80 bits per heavy atom. The third-order valence-electron chi connectivity index (χ3n) is 2.27. The molecule has 2 nitrogen and oxygen atoms in total. The molecule has 0 saturated heterocycles. The summed E-state index contributed by atoms with van der Waals surface area (Å²) in [5.74, 6) is -0.616. The van der Waals surface area contributed by atoms with Gasteiger partial charge in [-0.1, -0.05) is 11.6 Å². The largest absolute Gasteiger partial charge is 0.486 e. The molecule has 80 valence electrons. The molecule has 1 aromatic rings. The zero-order valence-corrected chi connectivity index (χ0v) is 9.19. The summed E-state index contributed by atoms with van der Waals surface area (Å²) in [4.78, 5) is 11.7. The van der Waals surface area contributed by atoms with E-state index in [2.05, 4.69) is 0 Å². The van der Waals surface area contributed by atoms with Crippen molar-refractivity contribution in [2.24, 2.45) is 0 Å². The first-order valence-electron chi connectivity index (χ1n) is 4.60. The van der Waals surface area contributed by atoms with Gasteiger partial charge in [-0.25, -0.2) is 4.39 Å². The topological polar surface area (TPSA) is 26.3 Å². The number of ketones is 1. The van der Waals surface area contributed by atoms with Crippen LogP contribution in [0.2, 0.25) is 5.02 Å². The Kier molecular flexibility index (Phi) is 2.23. The maximum atomic E-state index is 13.4. The van der Waals surface area contributed by atoms with Crippen molar-refractivity contribution < 1.29 is 13.9 Å². The number of ether oxygens (including phenoxy) is 1. The monoisotopic (exact) mass is 228 g/mol. The number of benzene rings is 1. The molecule has 0 amide bonds. The number of halogens is 2. The van der Waals surface area contributed by atoms with Crippen LogP contribution in [0, 0.1) is 5.82 Å². The number of hydrogen-bond acceptors (Lipinski definition) is 2. The highest BCUT2D eigenvalue weighted by molar-refractivity contribution is 6.31. The Labute approximate surface area is 92.0 Å². The van der Waals surface area contributed by atoms with Gasteiger partial charge in [0.05, 0.1) is 12.0 Å². The van der Waals surface area contributed by atoms with Crippen molar-refractivity contribution in [1.82, 2.24) is 0 Å². The lowest BCUT2D eigenvalue weighted by Gasteiger charge is -2.31. The molecule has 0 aromatic heterocycles. The van der Waals surface area contributed by atoms with E-state index in [1.807, 2.05) is 0 Å². The standard InChI is InChI=1S/C11H10ClFO2/c1-11(2)5-8(14)10-7(13)3-6(12)4-9(10)15-11/h3-4H,5H2,1-2H3. The minimum absolute atomic E-state index is 0.0127. The Morgan fingerprint density at radius 2 is 2.13 bits per heavy atom.